The molecule has 0 bridgehead atoms. The number of nitrogens with zero attached hydrogens (tertiary/aromatic N) is 2. The summed E-state index contributed by atoms with van der Waals surface area (Å²) in [5, 5.41) is 3.90. The molecule has 1 atom stereocenters. The lowest BCUT2D eigenvalue weighted by Crippen LogP contribution is -2.30. The molecule has 5 aromatic rings. The van der Waals surface area contributed by atoms with Crippen molar-refractivity contribution >= 4 is 34.8 Å². The highest BCUT2D eigenvalue weighted by atomic mass is 15.2. The molecule has 0 N–H and O–H groups in total. The van der Waals surface area contributed by atoms with Crippen LogP contribution in [0.25, 0.3) is 34.8 Å². The molecule has 2 aliphatic rings. The second-order valence-corrected chi connectivity index (χ2v) is 11.9. The molecule has 0 radical (unpaired) electrons. The number of hydrogen-bond donors (Lipinski definition) is 0. The van der Waals surface area contributed by atoms with Gasteiger partial charge in [-0.05, 0) is 92.1 Å². The molecule has 0 fully saturated rings. The van der Waals surface area contributed by atoms with Crippen molar-refractivity contribution in [2.75, 3.05) is 4.90 Å². The van der Waals surface area contributed by atoms with Crippen LogP contribution >= 0.6 is 0 Å². The molecule has 4 aromatic carbocycles. The van der Waals surface area contributed by atoms with Crippen LogP contribution in [0.5, 0.6) is 0 Å². The molecule has 0 saturated carbocycles. The predicted octanol–water partition coefficient (Wildman–Crippen LogP) is 9.35. The normalized spacial score (nSPS) is 16.0. The maximum Gasteiger partial charge on any atom is 0.0930 e. The summed E-state index contributed by atoms with van der Waals surface area (Å²) in [5.74, 6) is 7.37. The summed E-state index contributed by atoms with van der Waals surface area (Å²) in [6.45, 7) is 4.24. The smallest absolute Gasteiger partial charge is 0.0930 e. The third kappa shape index (κ3) is 5.93. The number of hydrogen-bond acceptors (Lipinski definition) is 1. The lowest BCUT2D eigenvalue weighted by Gasteiger charge is -2.28. The van der Waals surface area contributed by atoms with E-state index in [-0.39, 0.29) is 5.92 Å². The Morgan fingerprint density at radius 2 is 1.65 bits per heavy atom. The van der Waals surface area contributed by atoms with Crippen LogP contribution in [0.3, 0.4) is 0 Å². The van der Waals surface area contributed by atoms with Crippen molar-refractivity contribution in [1.82, 2.24) is 4.57 Å². The molecule has 7 rings (SSSR count). The summed E-state index contributed by atoms with van der Waals surface area (Å²) in [5.41, 5.74) is 9.24. The molecule has 0 unspecified atom stereocenters. The molecule has 46 heavy (non-hydrogen) atoms. The first-order chi connectivity index (χ1) is 22.7. The SMILES string of the molecule is C\C=C/C(=C\C=C\c1ccccc1)N(C1=CC[C@H](c2ccccc2)C#C1)c1ccc2c3c(n(-c4cccc(C)c4)c2c1)=CCCC=3. The van der Waals surface area contributed by atoms with Crippen LogP contribution in [0.1, 0.15) is 48.8 Å². The van der Waals surface area contributed by atoms with Crippen molar-refractivity contribution in [3.05, 3.63) is 172 Å². The average molecular weight is 595 g/mol. The molecule has 0 aliphatic heterocycles. The summed E-state index contributed by atoms with van der Waals surface area (Å²) in [6, 6.07) is 36.8. The molecular weight excluding hydrogens is 556 g/mol. The monoisotopic (exact) mass is 594 g/mol. The maximum atomic E-state index is 3.59. The van der Waals surface area contributed by atoms with E-state index in [1.807, 2.05) is 6.07 Å². The van der Waals surface area contributed by atoms with Gasteiger partial charge in [-0.1, -0.05) is 121 Å². The number of benzene rings is 4. The highest BCUT2D eigenvalue weighted by Gasteiger charge is 2.20. The summed E-state index contributed by atoms with van der Waals surface area (Å²) in [6.07, 6.45) is 20.9. The number of aryl methyl sites for hydroxylation is 1. The van der Waals surface area contributed by atoms with Crippen LogP contribution in [-0.4, -0.2) is 4.57 Å². The molecule has 0 saturated heterocycles. The first-order valence-electron chi connectivity index (χ1n) is 16.2. The highest BCUT2D eigenvalue weighted by Crippen LogP contribution is 2.32. The lowest BCUT2D eigenvalue weighted by atomic mass is 9.93. The van der Waals surface area contributed by atoms with Gasteiger partial charge < -0.3 is 9.47 Å². The standard InChI is InChI=1S/C44H38N2/c1-3-14-37(21-13-18-34-16-6-4-7-17-34)45(38-27-25-36(26-28-38)35-19-8-5-9-20-35)40-29-30-42-41-23-10-11-24-43(41)46(44(42)32-40)39-22-12-15-33(2)31-39/h3-9,12-24,27,29-32,36H,10-11,25H2,1-2H3/b14-3-,18-13+,37-21+/t36-/m0/s1. The number of fused-ring (bicyclic) bond motifs is 3. The summed E-state index contributed by atoms with van der Waals surface area (Å²) in [7, 11) is 0. The topological polar surface area (TPSA) is 8.17 Å². The van der Waals surface area contributed by atoms with Gasteiger partial charge in [-0.25, -0.2) is 0 Å². The van der Waals surface area contributed by atoms with Crippen molar-refractivity contribution in [1.29, 1.82) is 0 Å². The fraction of sp³-hybridized carbons (Fsp3) is 0.136. The Morgan fingerprint density at radius 1 is 0.848 bits per heavy atom. The van der Waals surface area contributed by atoms with Gasteiger partial charge in [0.25, 0.3) is 0 Å². The molecule has 2 nitrogen and oxygen atoms in total. The molecule has 2 heteroatoms. The summed E-state index contributed by atoms with van der Waals surface area (Å²) >= 11 is 0. The third-order valence-electron chi connectivity index (χ3n) is 8.72. The van der Waals surface area contributed by atoms with Gasteiger partial charge in [0.1, 0.15) is 0 Å². The summed E-state index contributed by atoms with van der Waals surface area (Å²) in [4.78, 5) is 2.32. The number of anilines is 1. The second kappa shape index (κ2) is 13.2. The quantitative estimate of drug-likeness (QED) is 0.128. The van der Waals surface area contributed by atoms with Gasteiger partial charge >= 0.3 is 0 Å². The van der Waals surface area contributed by atoms with Crippen molar-refractivity contribution in [3.63, 3.8) is 0 Å². The lowest BCUT2D eigenvalue weighted by molar-refractivity contribution is 0.873. The first-order valence-corrected chi connectivity index (χ1v) is 16.2. The zero-order valence-electron chi connectivity index (χ0n) is 26.5. The molecule has 0 spiro atoms. The van der Waals surface area contributed by atoms with Crippen molar-refractivity contribution in [2.45, 2.75) is 39.0 Å². The fourth-order valence-corrected chi connectivity index (χ4v) is 6.55. The van der Waals surface area contributed by atoms with E-state index in [0.29, 0.717) is 0 Å². The van der Waals surface area contributed by atoms with Crippen molar-refractivity contribution in [2.24, 2.45) is 0 Å². The van der Waals surface area contributed by atoms with Crippen LogP contribution in [0.2, 0.25) is 0 Å². The van der Waals surface area contributed by atoms with Gasteiger partial charge in [-0.3, -0.25) is 0 Å². The Bertz CT molecular complexity index is 2200. The Kier molecular flexibility index (Phi) is 8.40. The molecule has 1 heterocycles. The zero-order chi connectivity index (χ0) is 31.3. The summed E-state index contributed by atoms with van der Waals surface area (Å²) < 4.78 is 2.44. The molecule has 224 valence electrons. The van der Waals surface area contributed by atoms with Gasteiger partial charge in [0.05, 0.1) is 11.2 Å². The molecule has 0 amide bonds. The van der Waals surface area contributed by atoms with E-state index in [9.17, 15) is 0 Å². The largest absolute Gasteiger partial charge is 0.309 e. The van der Waals surface area contributed by atoms with Gasteiger partial charge in [-0.15, -0.1) is 0 Å². The first kappa shape index (κ1) is 29.2. The Morgan fingerprint density at radius 3 is 2.41 bits per heavy atom. The van der Waals surface area contributed by atoms with Gasteiger partial charge in [-0.2, -0.15) is 0 Å². The average Bonchev–Trinajstić information content (AvgIpc) is 3.43. The van der Waals surface area contributed by atoms with E-state index in [1.54, 1.807) is 0 Å². The molecule has 1 aromatic heterocycles. The predicted molar refractivity (Wildman–Crippen MR) is 196 cm³/mol. The van der Waals surface area contributed by atoms with Gasteiger partial charge in [0, 0.05) is 38.9 Å². The Labute approximate surface area is 272 Å². The second-order valence-electron chi connectivity index (χ2n) is 11.9. The number of allylic oxidation sites excluding steroid dienone is 6. The van der Waals surface area contributed by atoms with E-state index in [4.69, 9.17) is 0 Å². The third-order valence-corrected chi connectivity index (χ3v) is 8.72. The molecule has 2 aliphatic carbocycles. The number of aromatic nitrogens is 1. The van der Waals surface area contributed by atoms with Gasteiger partial charge in [0.2, 0.25) is 0 Å². The minimum Gasteiger partial charge on any atom is -0.309 e. The fourth-order valence-electron chi connectivity index (χ4n) is 6.55. The Hall–Kier alpha value is -5.52. The van der Waals surface area contributed by atoms with Crippen molar-refractivity contribution in [3.8, 4) is 17.5 Å². The van der Waals surface area contributed by atoms with Crippen LogP contribution in [-0.2, 0) is 0 Å². The van der Waals surface area contributed by atoms with Crippen LogP contribution in [0.15, 0.2) is 145 Å². The minimum absolute atomic E-state index is 0.192. The Balaban J connectivity index is 1.40. The highest BCUT2D eigenvalue weighted by molar-refractivity contribution is 5.88. The maximum absolute atomic E-state index is 3.59. The van der Waals surface area contributed by atoms with Crippen LogP contribution < -0.4 is 15.5 Å². The van der Waals surface area contributed by atoms with E-state index >= 15 is 0 Å². The minimum atomic E-state index is 0.192. The van der Waals surface area contributed by atoms with Crippen molar-refractivity contribution < 1.29 is 0 Å². The zero-order valence-corrected chi connectivity index (χ0v) is 26.5. The van der Waals surface area contributed by atoms with E-state index < -0.39 is 0 Å². The van der Waals surface area contributed by atoms with Crippen LogP contribution in [0, 0.1) is 18.8 Å². The molecular formula is C44H38N2. The van der Waals surface area contributed by atoms with E-state index in [0.717, 1.165) is 36.3 Å². The van der Waals surface area contributed by atoms with Gasteiger partial charge in [0.15, 0.2) is 0 Å². The van der Waals surface area contributed by atoms with Crippen LogP contribution in [0.4, 0.5) is 5.69 Å². The number of rotatable bonds is 8. The van der Waals surface area contributed by atoms with E-state index in [2.05, 4.69) is 181 Å². The van der Waals surface area contributed by atoms with E-state index in [1.165, 1.54) is 43.8 Å².